The number of nitrogens with two attached hydrogens (primary N) is 1. The fourth-order valence-corrected chi connectivity index (χ4v) is 2.81. The van der Waals surface area contributed by atoms with E-state index < -0.39 is 5.82 Å². The number of carbonyl (C=O) groups is 1. The van der Waals surface area contributed by atoms with Crippen molar-refractivity contribution in [2.24, 2.45) is 0 Å². The van der Waals surface area contributed by atoms with Crippen LogP contribution >= 0.6 is 31.9 Å². The third kappa shape index (κ3) is 3.54. The lowest BCUT2D eigenvalue weighted by molar-refractivity contribution is 0.102. The highest BCUT2D eigenvalue weighted by atomic mass is 79.9. The molecule has 0 unspecified atom stereocenters. The molecule has 0 saturated heterocycles. The number of nitrogen functional groups attached to an aromatic ring is 1. The summed E-state index contributed by atoms with van der Waals surface area (Å²) in [6.45, 7) is 0. The summed E-state index contributed by atoms with van der Waals surface area (Å²) in [5, 5.41) is 2.58. The fraction of sp³-hybridized carbons (Fsp3) is 0. The molecule has 0 aromatic heterocycles. The molecule has 1 amide bonds. The van der Waals surface area contributed by atoms with Crippen molar-refractivity contribution in [3.63, 3.8) is 0 Å². The molecule has 0 spiro atoms. The summed E-state index contributed by atoms with van der Waals surface area (Å²) in [5.41, 5.74) is 6.67. The lowest BCUT2D eigenvalue weighted by Crippen LogP contribution is -2.13. The van der Waals surface area contributed by atoms with E-state index >= 15 is 0 Å². The molecule has 0 bridgehead atoms. The number of halogens is 3. The first-order chi connectivity index (χ1) is 8.95. The number of benzene rings is 2. The molecule has 2 aromatic rings. The highest BCUT2D eigenvalue weighted by Crippen LogP contribution is 2.23. The van der Waals surface area contributed by atoms with Gasteiger partial charge in [0.2, 0.25) is 0 Å². The summed E-state index contributed by atoms with van der Waals surface area (Å²) in [6, 6.07) is 8.96. The largest absolute Gasteiger partial charge is 0.397 e. The van der Waals surface area contributed by atoms with E-state index in [-0.39, 0.29) is 11.6 Å². The Morgan fingerprint density at radius 1 is 1.11 bits per heavy atom. The van der Waals surface area contributed by atoms with Gasteiger partial charge in [0, 0.05) is 14.5 Å². The molecule has 3 N–H and O–H groups in total. The first kappa shape index (κ1) is 14.0. The standard InChI is InChI=1S/C13H9Br2FN2O/c14-8-3-7(4-9(15)5-8)13(19)18-12-6-10(16)1-2-11(12)17/h1-6H,17H2,(H,18,19). The first-order valence-corrected chi connectivity index (χ1v) is 6.87. The Bertz CT molecular complexity index is 626. The number of hydrogen-bond donors (Lipinski definition) is 2. The average Bonchev–Trinajstić information content (AvgIpc) is 2.32. The van der Waals surface area contributed by atoms with Crippen molar-refractivity contribution < 1.29 is 9.18 Å². The highest BCUT2D eigenvalue weighted by molar-refractivity contribution is 9.11. The normalized spacial score (nSPS) is 10.3. The van der Waals surface area contributed by atoms with Gasteiger partial charge in [0.25, 0.3) is 5.91 Å². The van der Waals surface area contributed by atoms with Gasteiger partial charge in [-0.2, -0.15) is 0 Å². The molecule has 0 aliphatic heterocycles. The molecule has 6 heteroatoms. The van der Waals surface area contributed by atoms with Gasteiger partial charge in [0.15, 0.2) is 0 Å². The van der Waals surface area contributed by atoms with Crippen LogP contribution in [0.3, 0.4) is 0 Å². The summed E-state index contributed by atoms with van der Waals surface area (Å²) in [5.74, 6) is -0.820. The second-order valence-electron chi connectivity index (χ2n) is 3.84. The van der Waals surface area contributed by atoms with Crippen LogP contribution in [0.1, 0.15) is 10.4 Å². The molecule has 98 valence electrons. The van der Waals surface area contributed by atoms with Gasteiger partial charge in [-0.3, -0.25) is 4.79 Å². The van der Waals surface area contributed by atoms with Crippen LogP contribution in [0.4, 0.5) is 15.8 Å². The summed E-state index contributed by atoms with van der Waals surface area (Å²) in [6.07, 6.45) is 0. The minimum absolute atomic E-state index is 0.251. The van der Waals surface area contributed by atoms with Crippen molar-refractivity contribution in [3.05, 3.63) is 56.7 Å². The summed E-state index contributed by atoms with van der Waals surface area (Å²) >= 11 is 6.60. The Morgan fingerprint density at radius 2 is 1.74 bits per heavy atom. The van der Waals surface area contributed by atoms with Gasteiger partial charge in [0.1, 0.15) is 5.82 Å². The van der Waals surface area contributed by atoms with Crippen LogP contribution in [0.5, 0.6) is 0 Å². The molecule has 0 aliphatic rings. The monoisotopic (exact) mass is 386 g/mol. The topological polar surface area (TPSA) is 55.1 Å². The van der Waals surface area contributed by atoms with Gasteiger partial charge in [-0.25, -0.2) is 4.39 Å². The Balaban J connectivity index is 2.28. The van der Waals surface area contributed by atoms with E-state index in [1.807, 2.05) is 6.07 Å². The van der Waals surface area contributed by atoms with Gasteiger partial charge in [0.05, 0.1) is 11.4 Å². The van der Waals surface area contributed by atoms with Crippen molar-refractivity contribution in [1.29, 1.82) is 0 Å². The van der Waals surface area contributed by atoms with Gasteiger partial charge in [-0.05, 0) is 36.4 Å². The van der Waals surface area contributed by atoms with Crippen LogP contribution in [0.2, 0.25) is 0 Å². The maximum absolute atomic E-state index is 13.1. The Morgan fingerprint density at radius 3 is 2.37 bits per heavy atom. The lowest BCUT2D eigenvalue weighted by atomic mass is 10.2. The molecule has 0 saturated carbocycles. The Hall–Kier alpha value is -1.40. The molecule has 0 atom stereocenters. The maximum atomic E-state index is 13.1. The summed E-state index contributed by atoms with van der Waals surface area (Å²) < 4.78 is 14.6. The van der Waals surface area contributed by atoms with E-state index in [1.165, 1.54) is 18.2 Å². The van der Waals surface area contributed by atoms with Crippen LogP contribution in [0.15, 0.2) is 45.3 Å². The zero-order chi connectivity index (χ0) is 14.0. The van der Waals surface area contributed by atoms with Gasteiger partial charge in [-0.15, -0.1) is 0 Å². The summed E-state index contributed by atoms with van der Waals surface area (Å²) in [4.78, 5) is 12.1. The van der Waals surface area contributed by atoms with Crippen molar-refractivity contribution >= 4 is 49.1 Å². The van der Waals surface area contributed by atoms with Crippen LogP contribution in [0, 0.1) is 5.82 Å². The maximum Gasteiger partial charge on any atom is 0.255 e. The SMILES string of the molecule is Nc1ccc(F)cc1NC(=O)c1cc(Br)cc(Br)c1. The first-order valence-electron chi connectivity index (χ1n) is 5.28. The second-order valence-corrected chi connectivity index (χ2v) is 5.68. The number of anilines is 2. The van der Waals surface area contributed by atoms with Gasteiger partial charge >= 0.3 is 0 Å². The predicted molar refractivity (Wildman–Crippen MR) is 80.6 cm³/mol. The van der Waals surface area contributed by atoms with Crippen molar-refractivity contribution in [1.82, 2.24) is 0 Å². The minimum Gasteiger partial charge on any atom is -0.397 e. The van der Waals surface area contributed by atoms with E-state index in [0.717, 1.165) is 8.95 Å². The zero-order valence-electron chi connectivity index (χ0n) is 9.58. The molecular weight excluding hydrogens is 379 g/mol. The van der Waals surface area contributed by atoms with Crippen LogP contribution in [-0.4, -0.2) is 5.91 Å². The van der Waals surface area contributed by atoms with Crippen molar-refractivity contribution in [3.8, 4) is 0 Å². The third-order valence-electron chi connectivity index (χ3n) is 2.39. The average molecular weight is 388 g/mol. The number of hydrogen-bond acceptors (Lipinski definition) is 2. The Kier molecular flexibility index (Phi) is 4.21. The van der Waals surface area contributed by atoms with E-state index in [1.54, 1.807) is 12.1 Å². The second kappa shape index (κ2) is 5.71. The predicted octanol–water partition coefficient (Wildman–Crippen LogP) is 4.19. The Labute approximate surface area is 126 Å². The van der Waals surface area contributed by atoms with Crippen LogP contribution in [-0.2, 0) is 0 Å². The van der Waals surface area contributed by atoms with E-state index in [0.29, 0.717) is 11.3 Å². The number of amides is 1. The number of rotatable bonds is 2. The van der Waals surface area contributed by atoms with E-state index in [9.17, 15) is 9.18 Å². The quantitative estimate of drug-likeness (QED) is 0.759. The fourth-order valence-electron chi connectivity index (χ4n) is 1.52. The van der Waals surface area contributed by atoms with Crippen molar-refractivity contribution in [2.75, 3.05) is 11.1 Å². The molecule has 0 aliphatic carbocycles. The van der Waals surface area contributed by atoms with E-state index in [2.05, 4.69) is 37.2 Å². The molecule has 0 heterocycles. The zero-order valence-corrected chi connectivity index (χ0v) is 12.8. The van der Waals surface area contributed by atoms with Gasteiger partial charge in [-0.1, -0.05) is 31.9 Å². The van der Waals surface area contributed by atoms with Crippen LogP contribution < -0.4 is 11.1 Å². The molecule has 2 rings (SSSR count). The molecule has 0 fully saturated rings. The highest BCUT2D eigenvalue weighted by Gasteiger charge is 2.10. The lowest BCUT2D eigenvalue weighted by Gasteiger charge is -2.09. The van der Waals surface area contributed by atoms with Crippen LogP contribution in [0.25, 0.3) is 0 Å². The smallest absolute Gasteiger partial charge is 0.255 e. The third-order valence-corrected chi connectivity index (χ3v) is 3.30. The van der Waals surface area contributed by atoms with Gasteiger partial charge < -0.3 is 11.1 Å². The number of nitrogens with one attached hydrogen (secondary N) is 1. The van der Waals surface area contributed by atoms with E-state index in [4.69, 9.17) is 5.73 Å². The molecular formula is C13H9Br2FN2O. The summed E-state index contributed by atoms with van der Waals surface area (Å²) in [7, 11) is 0. The molecule has 2 aromatic carbocycles. The molecule has 3 nitrogen and oxygen atoms in total. The molecule has 0 radical (unpaired) electrons. The van der Waals surface area contributed by atoms with Crippen molar-refractivity contribution in [2.45, 2.75) is 0 Å². The molecule has 19 heavy (non-hydrogen) atoms. The number of carbonyl (C=O) groups excluding carboxylic acids is 1. The minimum atomic E-state index is -0.458.